The van der Waals surface area contributed by atoms with Gasteiger partial charge < -0.3 is 34.8 Å². The lowest BCUT2D eigenvalue weighted by atomic mass is 9.99. The Balaban J connectivity index is 1.86. The summed E-state index contributed by atoms with van der Waals surface area (Å²) >= 11 is 0. The number of carboxylic acid groups (broad SMARTS) is 1. The van der Waals surface area contributed by atoms with Crippen LogP contribution in [0.2, 0.25) is 0 Å². The van der Waals surface area contributed by atoms with Crippen molar-refractivity contribution in [2.24, 2.45) is 12.0 Å². The Hall–Kier alpha value is -2.91. The molecule has 2 aromatic heterocycles. The molecule has 164 valence electrons. The predicted octanol–water partition coefficient (Wildman–Crippen LogP) is -2.78. The van der Waals surface area contributed by atoms with Gasteiger partial charge in [0.25, 0.3) is 5.56 Å². The van der Waals surface area contributed by atoms with Crippen molar-refractivity contribution in [1.82, 2.24) is 24.0 Å². The summed E-state index contributed by atoms with van der Waals surface area (Å²) in [5.41, 5.74) is -0.248. The number of hydrogen-bond acceptors (Lipinski definition) is 10. The quantitative estimate of drug-likeness (QED) is 0.277. The van der Waals surface area contributed by atoms with E-state index in [-0.39, 0.29) is 23.8 Å². The van der Waals surface area contributed by atoms with Gasteiger partial charge in [0.15, 0.2) is 23.6 Å². The first kappa shape index (κ1) is 21.8. The van der Waals surface area contributed by atoms with Crippen LogP contribution in [0.25, 0.3) is 11.2 Å². The van der Waals surface area contributed by atoms with Gasteiger partial charge in [0.2, 0.25) is 5.95 Å². The molecule has 2 aromatic rings. The van der Waals surface area contributed by atoms with Gasteiger partial charge in [-0.2, -0.15) is 4.98 Å². The van der Waals surface area contributed by atoms with Crippen LogP contribution >= 0.6 is 0 Å². The van der Waals surface area contributed by atoms with E-state index in [1.54, 1.807) is 19.0 Å². The van der Waals surface area contributed by atoms with Crippen LogP contribution in [-0.2, 0) is 28.0 Å². The van der Waals surface area contributed by atoms with Crippen molar-refractivity contribution in [3.8, 4) is 0 Å². The number of ether oxygens (including phenoxy) is 2. The molecule has 30 heavy (non-hydrogen) atoms. The molecule has 1 fully saturated rings. The zero-order valence-corrected chi connectivity index (χ0v) is 16.4. The largest absolute Gasteiger partial charge is 0.479 e. The van der Waals surface area contributed by atoms with Crippen molar-refractivity contribution >= 4 is 29.4 Å². The monoisotopic (exact) mass is 426 g/mol. The van der Waals surface area contributed by atoms with E-state index in [2.05, 4.69) is 15.0 Å². The summed E-state index contributed by atoms with van der Waals surface area (Å²) in [6, 6.07) is 0. The number of carbonyl (C=O) groups is 1. The second kappa shape index (κ2) is 8.45. The van der Waals surface area contributed by atoms with Gasteiger partial charge in [0.05, 0.1) is 12.7 Å². The fourth-order valence-corrected chi connectivity index (χ4v) is 2.78. The number of aliphatic imine (C=N–C) groups is 1. The van der Waals surface area contributed by atoms with Crippen molar-refractivity contribution in [1.29, 1.82) is 0 Å². The van der Waals surface area contributed by atoms with Crippen molar-refractivity contribution < 1.29 is 34.7 Å². The van der Waals surface area contributed by atoms with Gasteiger partial charge in [-0.1, -0.05) is 0 Å². The lowest BCUT2D eigenvalue weighted by Crippen LogP contribution is -2.60. The van der Waals surface area contributed by atoms with E-state index in [4.69, 9.17) is 14.6 Å². The number of aliphatic hydroxyl groups excluding tert-OH is 3. The zero-order valence-electron chi connectivity index (χ0n) is 16.4. The molecule has 0 unspecified atom stereocenters. The molecule has 5 atom stereocenters. The molecule has 0 saturated carbocycles. The molecule has 14 heteroatoms. The van der Waals surface area contributed by atoms with Crippen molar-refractivity contribution in [2.45, 2.75) is 37.4 Å². The first-order valence-electron chi connectivity index (χ1n) is 8.78. The minimum atomic E-state index is -1.83. The number of carboxylic acids is 1. The number of nitrogens with zero attached hydrogens (tertiary/aromatic N) is 6. The third-order valence-corrected chi connectivity index (χ3v) is 4.42. The van der Waals surface area contributed by atoms with Gasteiger partial charge in [-0.15, -0.1) is 0 Å². The predicted molar refractivity (Wildman–Crippen MR) is 100 cm³/mol. The summed E-state index contributed by atoms with van der Waals surface area (Å²) in [6.07, 6.45) is -5.92. The molecule has 0 spiro atoms. The highest BCUT2D eigenvalue weighted by Crippen LogP contribution is 2.23. The molecule has 0 aromatic carbocycles. The molecule has 1 saturated heterocycles. The van der Waals surface area contributed by atoms with Crippen LogP contribution in [-0.4, -0.2) is 102 Å². The normalized spacial score (nSPS) is 27.1. The molecule has 0 radical (unpaired) electrons. The van der Waals surface area contributed by atoms with Crippen LogP contribution in [0.3, 0.4) is 0 Å². The summed E-state index contributed by atoms with van der Waals surface area (Å²) < 4.78 is 13.0. The second-order valence-electron chi connectivity index (χ2n) is 6.90. The molecule has 1 aliphatic heterocycles. The van der Waals surface area contributed by atoms with E-state index in [9.17, 15) is 24.9 Å². The fraction of sp³-hybridized carbons (Fsp3) is 0.562. The molecule has 0 amide bonds. The number of fused-ring (bicyclic) bond motifs is 1. The Morgan fingerprint density at radius 2 is 2.03 bits per heavy atom. The Morgan fingerprint density at radius 3 is 2.67 bits per heavy atom. The number of imidazole rings is 1. The van der Waals surface area contributed by atoms with Crippen LogP contribution in [0.15, 0.2) is 16.1 Å². The fourth-order valence-electron chi connectivity index (χ4n) is 2.78. The maximum absolute atomic E-state index is 12.5. The number of aromatic nitrogens is 4. The number of hydrogen-bond donors (Lipinski definition) is 4. The minimum Gasteiger partial charge on any atom is -0.479 e. The lowest BCUT2D eigenvalue weighted by molar-refractivity contribution is -0.301. The van der Waals surface area contributed by atoms with Crippen molar-refractivity contribution in [3.63, 3.8) is 0 Å². The topological polar surface area (TPSA) is 185 Å². The standard InChI is InChI=1S/C16H22N6O8/c1-20(2)4-18-16-19-12-7(13(26)21(16)3)17-5-22(12)6-29-15-10(25)8(23)9(24)11(30-15)14(27)28/h4-5,8-11,15,23-25H,6H2,1-3H3,(H,27,28)/b18-4+/t8-,9-,10+,11-,15+/m0/s1. The van der Waals surface area contributed by atoms with Crippen LogP contribution in [0, 0.1) is 0 Å². The van der Waals surface area contributed by atoms with Crippen LogP contribution in [0.5, 0.6) is 0 Å². The van der Waals surface area contributed by atoms with Gasteiger partial charge in [-0.05, 0) is 0 Å². The summed E-state index contributed by atoms with van der Waals surface area (Å²) in [6.45, 7) is -0.343. The molecule has 3 rings (SSSR count). The zero-order chi connectivity index (χ0) is 22.2. The van der Waals surface area contributed by atoms with Gasteiger partial charge in [-0.3, -0.25) is 13.9 Å². The maximum atomic E-state index is 12.5. The summed E-state index contributed by atoms with van der Waals surface area (Å²) in [5.74, 6) is -1.41. The van der Waals surface area contributed by atoms with E-state index in [0.717, 1.165) is 0 Å². The molecular formula is C16H22N6O8. The molecular weight excluding hydrogens is 404 g/mol. The molecule has 0 aliphatic carbocycles. The average molecular weight is 426 g/mol. The van der Waals surface area contributed by atoms with E-state index < -0.39 is 42.2 Å². The Kier molecular flexibility index (Phi) is 6.14. The lowest BCUT2D eigenvalue weighted by Gasteiger charge is -2.38. The van der Waals surface area contributed by atoms with Crippen LogP contribution < -0.4 is 5.56 Å². The Bertz CT molecular complexity index is 1020. The van der Waals surface area contributed by atoms with Crippen LogP contribution in [0.4, 0.5) is 5.95 Å². The Labute approximate surface area is 169 Å². The van der Waals surface area contributed by atoms with Gasteiger partial charge in [-0.25, -0.2) is 14.8 Å². The molecule has 14 nitrogen and oxygen atoms in total. The van der Waals surface area contributed by atoms with Crippen molar-refractivity contribution in [2.75, 3.05) is 14.1 Å². The SMILES string of the molecule is CN(C)/C=N/c1nc2c(ncn2CO[C@@H]2O[C@H](C(=O)O)[C@@H](O)[C@H](O)[C@H]2O)c(=O)n1C. The number of aliphatic carboxylic acids is 1. The third kappa shape index (κ3) is 4.03. The Morgan fingerprint density at radius 1 is 1.33 bits per heavy atom. The summed E-state index contributed by atoms with van der Waals surface area (Å²) in [7, 11) is 5.00. The molecule has 4 N–H and O–H groups in total. The van der Waals surface area contributed by atoms with Gasteiger partial charge in [0, 0.05) is 21.1 Å². The number of rotatable bonds is 6. The minimum absolute atomic E-state index is 0.0499. The van der Waals surface area contributed by atoms with E-state index >= 15 is 0 Å². The highest BCUT2D eigenvalue weighted by molar-refractivity contribution is 5.73. The second-order valence-corrected chi connectivity index (χ2v) is 6.90. The van der Waals surface area contributed by atoms with Gasteiger partial charge >= 0.3 is 5.97 Å². The molecule has 1 aliphatic rings. The van der Waals surface area contributed by atoms with Gasteiger partial charge in [0.1, 0.15) is 25.0 Å². The van der Waals surface area contributed by atoms with E-state index in [1.807, 2.05) is 0 Å². The number of aliphatic hydroxyl groups is 3. The van der Waals surface area contributed by atoms with Crippen molar-refractivity contribution in [3.05, 3.63) is 16.7 Å². The molecule has 3 heterocycles. The highest BCUT2D eigenvalue weighted by atomic mass is 16.7. The van der Waals surface area contributed by atoms with Crippen LogP contribution in [0.1, 0.15) is 0 Å². The average Bonchev–Trinajstić information content (AvgIpc) is 3.09. The smallest absolute Gasteiger partial charge is 0.335 e. The maximum Gasteiger partial charge on any atom is 0.335 e. The first-order valence-corrected chi connectivity index (χ1v) is 8.78. The highest BCUT2D eigenvalue weighted by Gasteiger charge is 2.47. The summed E-state index contributed by atoms with van der Waals surface area (Å²) in [5, 5.41) is 38.7. The first-order chi connectivity index (χ1) is 14.1. The summed E-state index contributed by atoms with van der Waals surface area (Å²) in [4.78, 5) is 37.8. The third-order valence-electron chi connectivity index (χ3n) is 4.42. The molecule has 0 bridgehead atoms. The van der Waals surface area contributed by atoms with E-state index in [0.29, 0.717) is 0 Å². The van der Waals surface area contributed by atoms with E-state index in [1.165, 1.54) is 28.8 Å².